The zero-order valence-electron chi connectivity index (χ0n) is 21.9. The number of carboxylic acid groups (broad SMARTS) is 2. The molecule has 1 fully saturated rings. The first-order valence-electron chi connectivity index (χ1n) is 12.2. The van der Waals surface area contributed by atoms with Crippen molar-refractivity contribution in [3.63, 3.8) is 0 Å². The average Bonchev–Trinajstić information content (AvgIpc) is 3.43. The summed E-state index contributed by atoms with van der Waals surface area (Å²) < 4.78 is 70.8. The summed E-state index contributed by atoms with van der Waals surface area (Å²) in [4.78, 5) is 24.6. The summed E-state index contributed by atoms with van der Waals surface area (Å²) in [6.07, 6.45) is -2.63. The van der Waals surface area contributed by atoms with Gasteiger partial charge in [0.2, 0.25) is 0 Å². The molecule has 224 valence electrons. The molecule has 1 aromatic carbocycles. The van der Waals surface area contributed by atoms with E-state index in [1.54, 1.807) is 12.7 Å². The van der Waals surface area contributed by atoms with Crippen molar-refractivity contribution >= 4 is 11.9 Å². The predicted octanol–water partition coefficient (Wildman–Crippen LogP) is 3.90. The smallest absolute Gasteiger partial charge is 0.475 e. The molecule has 0 saturated carbocycles. The van der Waals surface area contributed by atoms with Crippen LogP contribution in [0.3, 0.4) is 0 Å². The highest BCUT2D eigenvalue weighted by atomic mass is 19.4. The van der Waals surface area contributed by atoms with E-state index >= 15 is 0 Å². The molecule has 1 aliphatic carbocycles. The molecule has 2 aliphatic rings. The van der Waals surface area contributed by atoms with Crippen LogP contribution in [-0.4, -0.2) is 82.3 Å². The highest BCUT2D eigenvalue weighted by molar-refractivity contribution is 5.73. The van der Waals surface area contributed by atoms with Crippen LogP contribution in [0.25, 0.3) is 0 Å². The number of nitrogens with zero attached hydrogens (tertiary/aromatic N) is 3. The first-order chi connectivity index (χ1) is 18.6. The molecule has 0 amide bonds. The highest BCUT2D eigenvalue weighted by Gasteiger charge is 2.45. The summed E-state index contributed by atoms with van der Waals surface area (Å²) in [7, 11) is 3.85. The molecule has 15 heteroatoms. The van der Waals surface area contributed by atoms with Gasteiger partial charge in [-0.2, -0.15) is 26.3 Å². The van der Waals surface area contributed by atoms with Crippen LogP contribution in [0.4, 0.5) is 26.3 Å². The fraction of sp³-hybridized carbons (Fsp3) is 0.560. The van der Waals surface area contributed by atoms with Crippen molar-refractivity contribution in [2.24, 2.45) is 7.05 Å². The number of rotatable bonds is 6. The minimum Gasteiger partial charge on any atom is -0.475 e. The normalized spacial score (nSPS) is 18.2. The fourth-order valence-corrected chi connectivity index (χ4v) is 4.76. The van der Waals surface area contributed by atoms with Gasteiger partial charge in [-0.15, -0.1) is 0 Å². The van der Waals surface area contributed by atoms with Gasteiger partial charge in [0, 0.05) is 39.5 Å². The van der Waals surface area contributed by atoms with E-state index in [2.05, 4.69) is 51.1 Å². The van der Waals surface area contributed by atoms with E-state index in [0.717, 1.165) is 19.7 Å². The maximum Gasteiger partial charge on any atom is 0.490 e. The molecule has 1 saturated heterocycles. The van der Waals surface area contributed by atoms with Crippen LogP contribution in [0.2, 0.25) is 0 Å². The summed E-state index contributed by atoms with van der Waals surface area (Å²) >= 11 is 0. The number of piperidine rings is 1. The van der Waals surface area contributed by atoms with Crippen LogP contribution >= 0.6 is 0 Å². The van der Waals surface area contributed by atoms with Crippen molar-refractivity contribution in [2.75, 3.05) is 33.4 Å². The zero-order chi connectivity index (χ0) is 30.1. The number of methoxy groups -OCH3 is 1. The lowest BCUT2D eigenvalue weighted by Crippen LogP contribution is -2.43. The van der Waals surface area contributed by atoms with Crippen molar-refractivity contribution in [1.29, 1.82) is 0 Å². The Bertz CT molecular complexity index is 1090. The molecule has 40 heavy (non-hydrogen) atoms. The number of aliphatic carboxylic acids is 2. The Kier molecular flexibility index (Phi) is 11.5. The van der Waals surface area contributed by atoms with Crippen molar-refractivity contribution in [2.45, 2.75) is 49.6 Å². The molecule has 3 N–H and O–H groups in total. The molecule has 2 aromatic rings. The minimum atomic E-state index is -5.08. The molecule has 1 spiro atoms. The Morgan fingerprint density at radius 3 is 2.10 bits per heavy atom. The SMILES string of the molecule is COCCN1CCC2(CC1)CC(NCc1cncn1C)c1ccccc12.O=C(O)C(F)(F)F.O=C(O)C(F)(F)F. The van der Waals surface area contributed by atoms with Gasteiger partial charge in [-0.05, 0) is 48.9 Å². The lowest BCUT2D eigenvalue weighted by atomic mass is 9.73. The van der Waals surface area contributed by atoms with Crippen LogP contribution in [0.1, 0.15) is 42.1 Å². The molecule has 1 atom stereocenters. The van der Waals surface area contributed by atoms with Gasteiger partial charge >= 0.3 is 24.3 Å². The first kappa shape index (κ1) is 33.0. The van der Waals surface area contributed by atoms with Gasteiger partial charge in [-0.25, -0.2) is 14.6 Å². The summed E-state index contributed by atoms with van der Waals surface area (Å²) in [5.41, 5.74) is 4.65. The maximum atomic E-state index is 10.6. The van der Waals surface area contributed by atoms with E-state index in [1.165, 1.54) is 43.6 Å². The number of nitrogens with one attached hydrogen (secondary N) is 1. The second kappa shape index (κ2) is 13.9. The van der Waals surface area contributed by atoms with Crippen molar-refractivity contribution in [3.05, 3.63) is 53.6 Å². The van der Waals surface area contributed by atoms with Gasteiger partial charge < -0.3 is 29.7 Å². The number of halogens is 6. The third kappa shape index (κ3) is 9.20. The van der Waals surface area contributed by atoms with Crippen molar-refractivity contribution in [3.8, 4) is 0 Å². The summed E-state index contributed by atoms with van der Waals surface area (Å²) in [5.74, 6) is -5.51. The number of carbonyl (C=O) groups is 2. The summed E-state index contributed by atoms with van der Waals surface area (Å²) in [6, 6.07) is 9.52. The fourth-order valence-electron chi connectivity index (χ4n) is 4.76. The van der Waals surface area contributed by atoms with Crippen LogP contribution in [0.5, 0.6) is 0 Å². The van der Waals surface area contributed by atoms with Crippen LogP contribution in [0.15, 0.2) is 36.8 Å². The molecule has 1 aromatic heterocycles. The van der Waals surface area contributed by atoms with E-state index in [4.69, 9.17) is 24.5 Å². The molecular weight excluding hydrogens is 550 g/mol. The second-order valence-corrected chi connectivity index (χ2v) is 9.44. The van der Waals surface area contributed by atoms with Crippen LogP contribution in [-0.2, 0) is 33.3 Å². The van der Waals surface area contributed by atoms with Gasteiger partial charge in [0.15, 0.2) is 0 Å². The molecule has 1 unspecified atom stereocenters. The number of ether oxygens (including phenoxy) is 1. The number of imidazole rings is 1. The van der Waals surface area contributed by atoms with Gasteiger partial charge in [-0.1, -0.05) is 24.3 Å². The monoisotopic (exact) mass is 582 g/mol. The molecule has 9 nitrogen and oxygen atoms in total. The summed E-state index contributed by atoms with van der Waals surface area (Å²) in [6.45, 7) is 5.10. The van der Waals surface area contributed by atoms with Gasteiger partial charge in [0.1, 0.15) is 0 Å². The number of hydrogen-bond donors (Lipinski definition) is 3. The molecule has 4 rings (SSSR count). The Hall–Kier alpha value is -3.17. The van der Waals surface area contributed by atoms with E-state index in [1.807, 2.05) is 12.5 Å². The summed E-state index contributed by atoms with van der Waals surface area (Å²) in [5, 5.41) is 18.1. The van der Waals surface area contributed by atoms with Crippen molar-refractivity contribution in [1.82, 2.24) is 19.8 Å². The second-order valence-electron chi connectivity index (χ2n) is 9.44. The third-order valence-corrected chi connectivity index (χ3v) is 6.86. The molecule has 1 aliphatic heterocycles. The van der Waals surface area contributed by atoms with Gasteiger partial charge in [-0.3, -0.25) is 0 Å². The highest BCUT2D eigenvalue weighted by Crippen LogP contribution is 2.50. The van der Waals surface area contributed by atoms with Gasteiger partial charge in [0.25, 0.3) is 0 Å². The number of carboxylic acids is 2. The first-order valence-corrected chi connectivity index (χ1v) is 12.2. The number of aryl methyl sites for hydroxylation is 1. The lowest BCUT2D eigenvalue weighted by molar-refractivity contribution is -0.193. The van der Waals surface area contributed by atoms with E-state index in [-0.39, 0.29) is 0 Å². The number of aromatic nitrogens is 2. The third-order valence-electron chi connectivity index (χ3n) is 6.86. The van der Waals surface area contributed by atoms with E-state index in [9.17, 15) is 26.3 Å². The molecule has 0 bridgehead atoms. The van der Waals surface area contributed by atoms with Crippen LogP contribution < -0.4 is 5.32 Å². The van der Waals surface area contributed by atoms with Crippen LogP contribution in [0, 0.1) is 0 Å². The predicted molar refractivity (Wildman–Crippen MR) is 130 cm³/mol. The molecule has 2 heterocycles. The minimum absolute atomic E-state index is 0.338. The van der Waals surface area contributed by atoms with Gasteiger partial charge in [0.05, 0.1) is 18.6 Å². The Balaban J connectivity index is 0.000000333. The number of hydrogen-bond acceptors (Lipinski definition) is 6. The van der Waals surface area contributed by atoms with Crippen molar-refractivity contribution < 1.29 is 50.9 Å². The molecule has 0 radical (unpaired) electrons. The number of likely N-dealkylation sites (tertiary alicyclic amines) is 1. The Morgan fingerprint density at radius 1 is 1.07 bits per heavy atom. The lowest BCUT2D eigenvalue weighted by Gasteiger charge is -2.40. The van der Waals surface area contributed by atoms with E-state index in [0.29, 0.717) is 11.5 Å². The maximum absolute atomic E-state index is 10.6. The zero-order valence-corrected chi connectivity index (χ0v) is 21.9. The standard InChI is InChI=1S/C21H30N4O.2C2HF3O2/c1-24-16-22-14-17(24)15-23-20-13-21(19-6-4-3-5-18(19)20)7-9-25(10-8-21)11-12-26-2;2*3-2(4,5)1(6)7/h3-6,14,16,20,23H,7-13,15H2,1-2H3;2*(H,6,7). The topological polar surface area (TPSA) is 117 Å². The Labute approximate surface area is 226 Å². The van der Waals surface area contributed by atoms with E-state index < -0.39 is 24.3 Å². The number of fused-ring (bicyclic) bond motifs is 2. The largest absolute Gasteiger partial charge is 0.490 e. The molecular formula is C25H32F6N4O5. The quantitative estimate of drug-likeness (QED) is 0.440. The average molecular weight is 583 g/mol. The number of benzene rings is 1. The number of alkyl halides is 6. The Morgan fingerprint density at radius 2 is 1.62 bits per heavy atom.